The molecule has 1 aromatic carbocycles. The highest BCUT2D eigenvalue weighted by molar-refractivity contribution is 6.30. The van der Waals surface area contributed by atoms with Gasteiger partial charge in [0.25, 0.3) is 0 Å². The number of hydrogen-bond donors (Lipinski definition) is 1. The van der Waals surface area contributed by atoms with Crippen LogP contribution < -0.4 is 10.2 Å². The molecule has 2 nitrogen and oxygen atoms in total. The first kappa shape index (κ1) is 15.2. The Morgan fingerprint density at radius 1 is 1.24 bits per heavy atom. The number of hydrogen-bond acceptors (Lipinski definition) is 2. The molecule has 2 heterocycles. The Hall–Kier alpha value is -0.730. The minimum absolute atomic E-state index is 0.684. The van der Waals surface area contributed by atoms with Gasteiger partial charge in [-0.25, -0.2) is 0 Å². The van der Waals surface area contributed by atoms with Gasteiger partial charge < -0.3 is 10.2 Å². The van der Waals surface area contributed by atoms with Gasteiger partial charge in [0.1, 0.15) is 0 Å². The van der Waals surface area contributed by atoms with Gasteiger partial charge in [-0.3, -0.25) is 0 Å². The van der Waals surface area contributed by atoms with Crippen molar-refractivity contribution < 1.29 is 0 Å². The van der Waals surface area contributed by atoms with E-state index in [4.69, 9.17) is 11.6 Å². The van der Waals surface area contributed by atoms with E-state index < -0.39 is 0 Å². The van der Waals surface area contributed by atoms with Crippen molar-refractivity contribution in [2.45, 2.75) is 70.5 Å². The molecule has 2 atom stereocenters. The summed E-state index contributed by atoms with van der Waals surface area (Å²) in [6, 6.07) is 8.41. The molecule has 2 aliphatic heterocycles. The number of aryl methyl sites for hydroxylation is 1. The van der Waals surface area contributed by atoms with Crippen LogP contribution in [0.1, 0.15) is 51.0 Å². The molecule has 0 saturated carbocycles. The number of piperidine rings is 2. The molecular formula is C18H27ClN2. The van der Waals surface area contributed by atoms with E-state index in [0.29, 0.717) is 18.1 Å². The Bertz CT molecular complexity index is 474. The predicted octanol–water partition coefficient (Wildman–Crippen LogP) is 4.54. The second-order valence-corrected chi connectivity index (χ2v) is 7.14. The van der Waals surface area contributed by atoms with Gasteiger partial charge >= 0.3 is 0 Å². The summed E-state index contributed by atoms with van der Waals surface area (Å²) in [5.74, 6) is 0. The van der Waals surface area contributed by atoms with Gasteiger partial charge in [-0.1, -0.05) is 24.6 Å². The molecule has 2 unspecified atom stereocenters. The van der Waals surface area contributed by atoms with Crippen molar-refractivity contribution in [2.75, 3.05) is 11.4 Å². The molecule has 2 saturated heterocycles. The topological polar surface area (TPSA) is 15.3 Å². The van der Waals surface area contributed by atoms with Gasteiger partial charge in [0.05, 0.1) is 0 Å². The third-order valence-electron chi connectivity index (χ3n) is 5.11. The van der Waals surface area contributed by atoms with Crippen LogP contribution in [0.25, 0.3) is 0 Å². The Labute approximate surface area is 133 Å². The molecule has 0 radical (unpaired) electrons. The maximum Gasteiger partial charge on any atom is 0.0426 e. The highest BCUT2D eigenvalue weighted by Gasteiger charge is 2.38. The molecule has 2 aliphatic rings. The zero-order valence-electron chi connectivity index (χ0n) is 13.2. The predicted molar refractivity (Wildman–Crippen MR) is 91.4 cm³/mol. The van der Waals surface area contributed by atoms with Crippen molar-refractivity contribution in [1.29, 1.82) is 0 Å². The summed E-state index contributed by atoms with van der Waals surface area (Å²) >= 11 is 6.25. The summed E-state index contributed by atoms with van der Waals surface area (Å²) in [5, 5.41) is 4.61. The molecule has 2 fully saturated rings. The Kier molecular flexibility index (Phi) is 4.75. The third kappa shape index (κ3) is 3.22. The maximum absolute atomic E-state index is 6.25. The molecule has 0 spiro atoms. The van der Waals surface area contributed by atoms with Crippen LogP contribution in [-0.4, -0.2) is 24.7 Å². The number of rotatable bonds is 4. The van der Waals surface area contributed by atoms with Gasteiger partial charge in [0, 0.05) is 28.8 Å². The number of anilines is 1. The molecule has 0 aromatic heterocycles. The number of halogens is 1. The van der Waals surface area contributed by atoms with E-state index in [1.54, 1.807) is 0 Å². The van der Waals surface area contributed by atoms with E-state index in [1.807, 2.05) is 6.07 Å². The van der Waals surface area contributed by atoms with E-state index >= 15 is 0 Å². The van der Waals surface area contributed by atoms with Crippen LogP contribution in [0.5, 0.6) is 0 Å². The Balaban J connectivity index is 1.82. The van der Waals surface area contributed by atoms with E-state index in [0.717, 1.165) is 11.6 Å². The van der Waals surface area contributed by atoms with Crippen LogP contribution in [0.4, 0.5) is 5.69 Å². The van der Waals surface area contributed by atoms with E-state index in [-0.39, 0.29) is 0 Å². The highest BCUT2D eigenvalue weighted by Crippen LogP contribution is 2.39. The minimum Gasteiger partial charge on any atom is -0.365 e. The molecule has 1 aromatic rings. The van der Waals surface area contributed by atoms with Crippen molar-refractivity contribution in [1.82, 2.24) is 5.32 Å². The van der Waals surface area contributed by atoms with E-state index in [2.05, 4.69) is 36.2 Å². The fraction of sp³-hybridized carbons (Fsp3) is 0.667. The highest BCUT2D eigenvalue weighted by atomic mass is 35.5. The molecule has 0 aliphatic carbocycles. The molecule has 3 heteroatoms. The van der Waals surface area contributed by atoms with Crippen LogP contribution in [0, 0.1) is 6.92 Å². The molecule has 3 rings (SSSR count). The Morgan fingerprint density at radius 3 is 2.62 bits per heavy atom. The number of nitrogens with zero attached hydrogens (tertiary/aromatic N) is 1. The summed E-state index contributed by atoms with van der Waals surface area (Å²) < 4.78 is 0. The number of nitrogens with one attached hydrogen (secondary N) is 1. The molecule has 1 N–H and O–H groups in total. The quantitative estimate of drug-likeness (QED) is 0.878. The third-order valence-corrected chi connectivity index (χ3v) is 5.34. The lowest BCUT2D eigenvalue weighted by molar-refractivity contribution is 0.245. The summed E-state index contributed by atoms with van der Waals surface area (Å²) in [7, 11) is 0. The van der Waals surface area contributed by atoms with Crippen LogP contribution >= 0.6 is 11.6 Å². The van der Waals surface area contributed by atoms with Crippen LogP contribution in [0.3, 0.4) is 0 Å². The lowest BCUT2D eigenvalue weighted by atomic mass is 9.81. The SMILES string of the molecule is CCCNC1CC2CCCC(C1)N2c1cc(Cl)ccc1C. The second-order valence-electron chi connectivity index (χ2n) is 6.70. The van der Waals surface area contributed by atoms with Crippen molar-refractivity contribution in [3.8, 4) is 0 Å². The first-order chi connectivity index (χ1) is 10.2. The van der Waals surface area contributed by atoms with E-state index in [1.165, 1.54) is 49.8 Å². The van der Waals surface area contributed by atoms with Crippen molar-refractivity contribution in [3.63, 3.8) is 0 Å². The van der Waals surface area contributed by atoms with Crippen molar-refractivity contribution >= 4 is 17.3 Å². The molecule has 116 valence electrons. The lowest BCUT2D eigenvalue weighted by Crippen LogP contribution is -2.56. The summed E-state index contributed by atoms with van der Waals surface area (Å²) in [6.07, 6.45) is 7.82. The Morgan fingerprint density at radius 2 is 1.95 bits per heavy atom. The number of fused-ring (bicyclic) bond motifs is 2. The van der Waals surface area contributed by atoms with Crippen LogP contribution in [-0.2, 0) is 0 Å². The van der Waals surface area contributed by atoms with Crippen LogP contribution in [0.15, 0.2) is 18.2 Å². The van der Waals surface area contributed by atoms with Gasteiger partial charge in [-0.15, -0.1) is 0 Å². The summed E-state index contributed by atoms with van der Waals surface area (Å²) in [4.78, 5) is 2.69. The zero-order valence-corrected chi connectivity index (χ0v) is 14.0. The van der Waals surface area contributed by atoms with Crippen molar-refractivity contribution in [2.24, 2.45) is 0 Å². The van der Waals surface area contributed by atoms with E-state index in [9.17, 15) is 0 Å². The first-order valence-electron chi connectivity index (χ1n) is 8.47. The zero-order chi connectivity index (χ0) is 14.8. The largest absolute Gasteiger partial charge is 0.365 e. The van der Waals surface area contributed by atoms with Crippen molar-refractivity contribution in [3.05, 3.63) is 28.8 Å². The average molecular weight is 307 g/mol. The molecule has 0 amide bonds. The monoisotopic (exact) mass is 306 g/mol. The van der Waals surface area contributed by atoms with Crippen LogP contribution in [0.2, 0.25) is 5.02 Å². The molecule has 2 bridgehead atoms. The fourth-order valence-corrected chi connectivity index (χ4v) is 4.32. The molecule has 21 heavy (non-hydrogen) atoms. The fourth-order valence-electron chi connectivity index (χ4n) is 4.15. The average Bonchev–Trinajstić information content (AvgIpc) is 2.46. The standard InChI is InChI=1S/C18H27ClN2/c1-3-9-20-15-11-16-5-4-6-17(12-15)21(16)18-10-14(19)8-7-13(18)2/h7-8,10,15-17,20H,3-6,9,11-12H2,1-2H3. The van der Waals surface area contributed by atoms with Gasteiger partial charge in [0.2, 0.25) is 0 Å². The summed E-state index contributed by atoms with van der Waals surface area (Å²) in [5.41, 5.74) is 2.72. The smallest absolute Gasteiger partial charge is 0.0426 e. The lowest BCUT2D eigenvalue weighted by Gasteiger charge is -2.51. The summed E-state index contributed by atoms with van der Waals surface area (Å²) in [6.45, 7) is 5.61. The number of benzene rings is 1. The second kappa shape index (κ2) is 6.58. The van der Waals surface area contributed by atoms with Gasteiger partial charge in [-0.2, -0.15) is 0 Å². The van der Waals surface area contributed by atoms with Gasteiger partial charge in [-0.05, 0) is 69.7 Å². The molecular weight excluding hydrogens is 280 g/mol. The normalized spacial score (nSPS) is 28.7. The first-order valence-corrected chi connectivity index (χ1v) is 8.84. The van der Waals surface area contributed by atoms with Gasteiger partial charge in [0.15, 0.2) is 0 Å². The minimum atomic E-state index is 0.684. The maximum atomic E-state index is 6.25.